The molecule has 1 N–H and O–H groups in total. The summed E-state index contributed by atoms with van der Waals surface area (Å²) in [6.45, 7) is 1.79. The van der Waals surface area contributed by atoms with Crippen LogP contribution in [0.5, 0.6) is 0 Å². The van der Waals surface area contributed by atoms with Gasteiger partial charge in [0, 0.05) is 5.56 Å². The van der Waals surface area contributed by atoms with Gasteiger partial charge in [-0.15, -0.1) is 0 Å². The van der Waals surface area contributed by atoms with Crippen molar-refractivity contribution >= 4 is 11.8 Å². The van der Waals surface area contributed by atoms with Gasteiger partial charge in [-0.05, 0) is 12.5 Å². The van der Waals surface area contributed by atoms with E-state index in [0.29, 0.717) is 11.1 Å². The molecule has 4 heteroatoms. The van der Waals surface area contributed by atoms with Crippen LogP contribution in [0.15, 0.2) is 60.7 Å². The van der Waals surface area contributed by atoms with Gasteiger partial charge in [0.15, 0.2) is 11.4 Å². The van der Waals surface area contributed by atoms with Crippen LogP contribution < -0.4 is 0 Å². The first-order chi connectivity index (χ1) is 10.6. The Morgan fingerprint density at radius 3 is 2.09 bits per heavy atom. The van der Waals surface area contributed by atoms with Crippen LogP contribution in [-0.4, -0.2) is 23.5 Å². The molecule has 114 valence electrons. The van der Waals surface area contributed by atoms with Crippen LogP contribution in [0.1, 0.15) is 29.3 Å². The minimum absolute atomic E-state index is 0.132. The van der Waals surface area contributed by atoms with Gasteiger partial charge < -0.3 is 9.84 Å². The minimum atomic E-state index is -1.98. The minimum Gasteiger partial charge on any atom is -0.464 e. The third-order valence-corrected chi connectivity index (χ3v) is 3.38. The summed E-state index contributed by atoms with van der Waals surface area (Å²) in [5.74, 6) is -1.13. The molecule has 1 atom stereocenters. The lowest BCUT2D eigenvalue weighted by Crippen LogP contribution is -2.39. The summed E-state index contributed by atoms with van der Waals surface area (Å²) in [6, 6.07) is 17.0. The number of ketones is 1. The summed E-state index contributed by atoms with van der Waals surface area (Å²) in [4.78, 5) is 24.6. The van der Waals surface area contributed by atoms with Crippen LogP contribution in [0.4, 0.5) is 0 Å². The van der Waals surface area contributed by atoms with E-state index in [2.05, 4.69) is 0 Å². The first kappa shape index (κ1) is 15.9. The average Bonchev–Trinajstić information content (AvgIpc) is 2.56. The Morgan fingerprint density at radius 2 is 1.55 bits per heavy atom. The summed E-state index contributed by atoms with van der Waals surface area (Å²) in [5.41, 5.74) is -1.19. The summed E-state index contributed by atoms with van der Waals surface area (Å²) in [5, 5.41) is 10.8. The molecule has 0 saturated heterocycles. The quantitative estimate of drug-likeness (QED) is 0.658. The van der Waals surface area contributed by atoms with Crippen molar-refractivity contribution in [2.45, 2.75) is 18.9 Å². The van der Waals surface area contributed by atoms with E-state index in [0.717, 1.165) is 0 Å². The molecule has 0 bridgehead atoms. The summed E-state index contributed by atoms with van der Waals surface area (Å²) < 4.78 is 4.96. The molecule has 0 amide bonds. The number of benzene rings is 2. The Bertz CT molecular complexity index is 637. The highest BCUT2D eigenvalue weighted by atomic mass is 16.5. The molecule has 0 spiro atoms. The van der Waals surface area contributed by atoms with Crippen LogP contribution in [0, 0.1) is 0 Å². The number of carbonyl (C=O) groups is 2. The molecule has 0 aromatic heterocycles. The Kier molecular flexibility index (Phi) is 5.07. The molecule has 1 unspecified atom stereocenters. The number of hydrogen-bond acceptors (Lipinski definition) is 4. The van der Waals surface area contributed by atoms with E-state index in [1.165, 1.54) is 0 Å². The normalized spacial score (nSPS) is 13.2. The van der Waals surface area contributed by atoms with Crippen LogP contribution in [-0.2, 0) is 15.1 Å². The molecular weight excluding hydrogens is 280 g/mol. The van der Waals surface area contributed by atoms with Gasteiger partial charge in [0.1, 0.15) is 0 Å². The van der Waals surface area contributed by atoms with Gasteiger partial charge in [0.25, 0.3) is 0 Å². The zero-order valence-electron chi connectivity index (χ0n) is 12.4. The van der Waals surface area contributed by atoms with Crippen molar-refractivity contribution in [2.24, 2.45) is 0 Å². The van der Waals surface area contributed by atoms with Gasteiger partial charge in [-0.25, -0.2) is 4.79 Å². The lowest BCUT2D eigenvalue weighted by Gasteiger charge is -2.25. The maximum Gasteiger partial charge on any atom is 0.343 e. The Morgan fingerprint density at radius 1 is 1.00 bits per heavy atom. The maximum atomic E-state index is 12.4. The summed E-state index contributed by atoms with van der Waals surface area (Å²) in [7, 11) is 0. The van der Waals surface area contributed by atoms with Gasteiger partial charge in [-0.2, -0.15) is 0 Å². The van der Waals surface area contributed by atoms with Crippen molar-refractivity contribution in [3.8, 4) is 0 Å². The largest absolute Gasteiger partial charge is 0.464 e. The monoisotopic (exact) mass is 298 g/mol. The maximum absolute atomic E-state index is 12.4. The standard InChI is InChI=1S/C18H18O4/c1-2-22-17(20)18(21,15-11-7-4-8-12-15)13-16(19)14-9-5-3-6-10-14/h3-12,21H,2,13H2,1H3. The van der Waals surface area contributed by atoms with E-state index >= 15 is 0 Å². The molecule has 0 radical (unpaired) electrons. The average molecular weight is 298 g/mol. The van der Waals surface area contributed by atoms with E-state index in [-0.39, 0.29) is 18.8 Å². The molecule has 0 aliphatic heterocycles. The highest BCUT2D eigenvalue weighted by Crippen LogP contribution is 2.28. The second kappa shape index (κ2) is 7.00. The van der Waals surface area contributed by atoms with Gasteiger partial charge >= 0.3 is 5.97 Å². The third-order valence-electron chi connectivity index (χ3n) is 3.38. The molecule has 22 heavy (non-hydrogen) atoms. The Balaban J connectivity index is 2.33. The zero-order chi connectivity index (χ0) is 16.0. The lowest BCUT2D eigenvalue weighted by atomic mass is 9.87. The summed E-state index contributed by atoms with van der Waals surface area (Å²) in [6.07, 6.45) is -0.361. The predicted octanol–water partition coefficient (Wildman–Crippen LogP) is 2.71. The van der Waals surface area contributed by atoms with E-state index in [1.807, 2.05) is 0 Å². The van der Waals surface area contributed by atoms with Crippen molar-refractivity contribution < 1.29 is 19.4 Å². The van der Waals surface area contributed by atoms with Crippen molar-refractivity contribution in [3.63, 3.8) is 0 Å². The van der Waals surface area contributed by atoms with Crippen LogP contribution in [0.3, 0.4) is 0 Å². The number of carbonyl (C=O) groups excluding carboxylic acids is 2. The topological polar surface area (TPSA) is 63.6 Å². The number of aliphatic hydroxyl groups is 1. The van der Waals surface area contributed by atoms with Crippen molar-refractivity contribution in [1.29, 1.82) is 0 Å². The fourth-order valence-corrected chi connectivity index (χ4v) is 2.21. The highest BCUT2D eigenvalue weighted by molar-refractivity contribution is 6.00. The molecule has 4 nitrogen and oxygen atoms in total. The Labute approximate surface area is 129 Å². The summed E-state index contributed by atoms with van der Waals surface area (Å²) >= 11 is 0. The SMILES string of the molecule is CCOC(=O)C(O)(CC(=O)c1ccccc1)c1ccccc1. The van der Waals surface area contributed by atoms with Gasteiger partial charge in [0.05, 0.1) is 13.0 Å². The first-order valence-electron chi connectivity index (χ1n) is 7.11. The van der Waals surface area contributed by atoms with Crippen molar-refractivity contribution in [1.82, 2.24) is 0 Å². The van der Waals surface area contributed by atoms with E-state index < -0.39 is 11.6 Å². The molecule has 0 aliphatic carbocycles. The molecule has 2 aromatic rings. The van der Waals surface area contributed by atoms with Crippen molar-refractivity contribution in [3.05, 3.63) is 71.8 Å². The molecule has 2 aromatic carbocycles. The van der Waals surface area contributed by atoms with Gasteiger partial charge in [-0.1, -0.05) is 60.7 Å². The third kappa shape index (κ3) is 3.40. The number of hydrogen-bond donors (Lipinski definition) is 1. The molecule has 0 fully saturated rings. The lowest BCUT2D eigenvalue weighted by molar-refractivity contribution is -0.166. The number of rotatable bonds is 6. The van der Waals surface area contributed by atoms with Gasteiger partial charge in [0.2, 0.25) is 0 Å². The fraction of sp³-hybridized carbons (Fsp3) is 0.222. The van der Waals surface area contributed by atoms with Crippen molar-refractivity contribution in [2.75, 3.05) is 6.61 Å². The fourth-order valence-electron chi connectivity index (χ4n) is 2.21. The molecule has 0 saturated carbocycles. The van der Waals surface area contributed by atoms with Gasteiger partial charge in [-0.3, -0.25) is 4.79 Å². The van der Waals surface area contributed by atoms with Crippen LogP contribution >= 0.6 is 0 Å². The number of ether oxygens (including phenoxy) is 1. The zero-order valence-corrected chi connectivity index (χ0v) is 12.4. The second-order valence-corrected chi connectivity index (χ2v) is 4.91. The van der Waals surface area contributed by atoms with E-state index in [4.69, 9.17) is 4.74 Å². The molecule has 0 aliphatic rings. The van der Waals surface area contributed by atoms with Crippen LogP contribution in [0.25, 0.3) is 0 Å². The highest BCUT2D eigenvalue weighted by Gasteiger charge is 2.41. The van der Waals surface area contributed by atoms with Crippen LogP contribution in [0.2, 0.25) is 0 Å². The first-order valence-corrected chi connectivity index (χ1v) is 7.11. The molecular formula is C18H18O4. The number of esters is 1. The second-order valence-electron chi connectivity index (χ2n) is 4.91. The Hall–Kier alpha value is -2.46. The molecule has 2 rings (SSSR count). The van der Waals surface area contributed by atoms with E-state index in [9.17, 15) is 14.7 Å². The molecule has 0 heterocycles. The smallest absolute Gasteiger partial charge is 0.343 e. The number of Topliss-reactive ketones (excluding diaryl/α,β-unsaturated/α-hetero) is 1. The predicted molar refractivity (Wildman–Crippen MR) is 82.4 cm³/mol. The van der Waals surface area contributed by atoms with E-state index in [1.54, 1.807) is 67.6 Å².